The van der Waals surface area contributed by atoms with Gasteiger partial charge in [-0.1, -0.05) is 23.7 Å². The van der Waals surface area contributed by atoms with Gasteiger partial charge in [-0.05, 0) is 36.6 Å². The van der Waals surface area contributed by atoms with Crippen molar-refractivity contribution in [3.8, 4) is 11.1 Å². The molecule has 4 nitrogen and oxygen atoms in total. The Balaban J connectivity index is 1.87. The van der Waals surface area contributed by atoms with Crippen molar-refractivity contribution in [3.63, 3.8) is 0 Å². The summed E-state index contributed by atoms with van der Waals surface area (Å²) < 4.78 is 0. The van der Waals surface area contributed by atoms with Crippen molar-refractivity contribution in [2.24, 2.45) is 0 Å². The van der Waals surface area contributed by atoms with Crippen LogP contribution in [0.5, 0.6) is 0 Å². The number of benzene rings is 1. The summed E-state index contributed by atoms with van der Waals surface area (Å²) >= 11 is 5.90. The first-order valence-corrected chi connectivity index (χ1v) is 7.69. The van der Waals surface area contributed by atoms with Crippen molar-refractivity contribution in [2.45, 2.75) is 18.9 Å². The van der Waals surface area contributed by atoms with Crippen LogP contribution in [-0.2, 0) is 0 Å². The first kappa shape index (κ1) is 15.0. The Morgan fingerprint density at radius 1 is 1.27 bits per heavy atom. The van der Waals surface area contributed by atoms with E-state index in [1.54, 1.807) is 17.3 Å². The molecular weight excluding hydrogens is 300 g/mol. The maximum absolute atomic E-state index is 12.6. The van der Waals surface area contributed by atoms with E-state index in [1.807, 2.05) is 30.3 Å². The van der Waals surface area contributed by atoms with Crippen molar-refractivity contribution in [3.05, 3.63) is 53.3 Å². The lowest BCUT2D eigenvalue weighted by Gasteiger charge is -2.23. The average Bonchev–Trinajstić information content (AvgIpc) is 3.03. The zero-order valence-electron chi connectivity index (χ0n) is 12.1. The quantitative estimate of drug-likeness (QED) is 0.947. The summed E-state index contributed by atoms with van der Waals surface area (Å²) in [6, 6.07) is 9.19. The minimum absolute atomic E-state index is 0.00996. The Bertz CT molecular complexity index is 673. The predicted octanol–water partition coefficient (Wildman–Crippen LogP) is 3.00. The summed E-state index contributed by atoms with van der Waals surface area (Å²) in [5, 5.41) is 10.0. The number of hydrogen-bond donors (Lipinski definition) is 1. The van der Waals surface area contributed by atoms with Crippen molar-refractivity contribution in [1.82, 2.24) is 9.88 Å². The van der Waals surface area contributed by atoms with E-state index in [4.69, 9.17) is 11.6 Å². The predicted molar refractivity (Wildman–Crippen MR) is 85.8 cm³/mol. The highest BCUT2D eigenvalue weighted by atomic mass is 35.5. The number of halogens is 1. The van der Waals surface area contributed by atoms with Crippen molar-refractivity contribution < 1.29 is 9.90 Å². The van der Waals surface area contributed by atoms with Crippen molar-refractivity contribution in [2.75, 3.05) is 13.2 Å². The van der Waals surface area contributed by atoms with Gasteiger partial charge in [-0.15, -0.1) is 0 Å². The zero-order chi connectivity index (χ0) is 15.5. The molecule has 0 unspecified atom stereocenters. The topological polar surface area (TPSA) is 53.4 Å². The summed E-state index contributed by atoms with van der Waals surface area (Å²) in [6.07, 6.45) is 5.09. The average molecular weight is 317 g/mol. The number of amides is 1. The molecule has 114 valence electrons. The van der Waals surface area contributed by atoms with Crippen LogP contribution in [0.1, 0.15) is 23.2 Å². The number of nitrogens with zero attached hydrogens (tertiary/aromatic N) is 2. The normalized spacial score (nSPS) is 17.7. The van der Waals surface area contributed by atoms with Gasteiger partial charge in [-0.2, -0.15) is 0 Å². The number of carbonyl (C=O) groups excluding carboxylic acids is 1. The van der Waals surface area contributed by atoms with Gasteiger partial charge in [0.25, 0.3) is 5.91 Å². The van der Waals surface area contributed by atoms with E-state index < -0.39 is 0 Å². The van der Waals surface area contributed by atoms with Gasteiger partial charge in [0.15, 0.2) is 0 Å². The molecule has 2 heterocycles. The number of aliphatic hydroxyl groups is 1. The van der Waals surface area contributed by atoms with Crippen molar-refractivity contribution >= 4 is 17.5 Å². The van der Waals surface area contributed by atoms with E-state index >= 15 is 0 Å². The second-order valence-electron chi connectivity index (χ2n) is 5.45. The van der Waals surface area contributed by atoms with Gasteiger partial charge in [0.05, 0.1) is 18.2 Å². The molecule has 22 heavy (non-hydrogen) atoms. The van der Waals surface area contributed by atoms with Crippen LogP contribution in [0.25, 0.3) is 11.1 Å². The number of hydrogen-bond acceptors (Lipinski definition) is 3. The van der Waals surface area contributed by atoms with Crippen LogP contribution in [0.4, 0.5) is 0 Å². The number of aromatic nitrogens is 1. The maximum atomic E-state index is 12.6. The molecule has 2 aromatic rings. The first-order valence-electron chi connectivity index (χ1n) is 7.32. The van der Waals surface area contributed by atoms with Gasteiger partial charge in [0.1, 0.15) is 0 Å². The highest BCUT2D eigenvalue weighted by Crippen LogP contribution is 2.24. The van der Waals surface area contributed by atoms with E-state index in [1.165, 1.54) is 0 Å². The lowest BCUT2D eigenvalue weighted by Crippen LogP contribution is -2.37. The van der Waals surface area contributed by atoms with Crippen LogP contribution in [0.3, 0.4) is 0 Å². The first-order chi connectivity index (χ1) is 10.7. The van der Waals surface area contributed by atoms with Gasteiger partial charge in [-0.25, -0.2) is 0 Å². The third-order valence-corrected chi connectivity index (χ3v) is 4.26. The van der Waals surface area contributed by atoms with Crippen LogP contribution in [0, 0.1) is 0 Å². The van der Waals surface area contributed by atoms with Crippen LogP contribution in [0.15, 0.2) is 42.7 Å². The molecule has 1 amide bonds. The summed E-state index contributed by atoms with van der Waals surface area (Å²) in [6.45, 7) is 0.700. The summed E-state index contributed by atoms with van der Waals surface area (Å²) in [4.78, 5) is 18.5. The maximum Gasteiger partial charge on any atom is 0.255 e. The highest BCUT2D eigenvalue weighted by Gasteiger charge is 2.28. The summed E-state index contributed by atoms with van der Waals surface area (Å²) in [7, 11) is 0. The Labute approximate surface area is 134 Å². The molecular formula is C17H17ClN2O2. The number of rotatable bonds is 3. The molecule has 3 rings (SSSR count). The molecule has 1 atom stereocenters. The molecule has 1 aromatic heterocycles. The van der Waals surface area contributed by atoms with Gasteiger partial charge < -0.3 is 10.0 Å². The molecule has 1 aliphatic rings. The second kappa shape index (κ2) is 6.46. The summed E-state index contributed by atoms with van der Waals surface area (Å²) in [5.41, 5.74) is 2.39. The SMILES string of the molecule is O=C(c1cncc(-c2ccc(Cl)cc2)c1)N1CCC[C@@H]1CO. The molecule has 1 saturated heterocycles. The third kappa shape index (κ3) is 2.98. The van der Waals surface area contributed by atoms with E-state index in [9.17, 15) is 9.90 Å². The van der Waals surface area contributed by atoms with Gasteiger partial charge in [0, 0.05) is 29.5 Å². The molecule has 0 spiro atoms. The Morgan fingerprint density at radius 2 is 2.05 bits per heavy atom. The number of aliphatic hydroxyl groups excluding tert-OH is 1. The third-order valence-electron chi connectivity index (χ3n) is 4.01. The monoisotopic (exact) mass is 316 g/mol. The number of likely N-dealkylation sites (tertiary alicyclic amines) is 1. The van der Waals surface area contributed by atoms with E-state index in [0.29, 0.717) is 17.1 Å². The van der Waals surface area contributed by atoms with E-state index in [2.05, 4.69) is 4.98 Å². The van der Waals surface area contributed by atoms with Crippen LogP contribution in [-0.4, -0.2) is 40.1 Å². The fourth-order valence-electron chi connectivity index (χ4n) is 2.82. The van der Waals surface area contributed by atoms with Crippen molar-refractivity contribution in [1.29, 1.82) is 0 Å². The molecule has 0 bridgehead atoms. The van der Waals surface area contributed by atoms with Gasteiger partial charge in [-0.3, -0.25) is 9.78 Å². The Hall–Kier alpha value is -1.91. The Morgan fingerprint density at radius 3 is 2.77 bits per heavy atom. The molecule has 0 radical (unpaired) electrons. The lowest BCUT2D eigenvalue weighted by molar-refractivity contribution is 0.0677. The van der Waals surface area contributed by atoms with Crippen LogP contribution >= 0.6 is 11.6 Å². The number of pyridine rings is 1. The fraction of sp³-hybridized carbons (Fsp3) is 0.294. The minimum Gasteiger partial charge on any atom is -0.394 e. The molecule has 0 saturated carbocycles. The summed E-state index contributed by atoms with van der Waals surface area (Å²) in [5.74, 6) is -0.0696. The van der Waals surface area contributed by atoms with Crippen LogP contribution < -0.4 is 0 Å². The molecule has 1 aliphatic heterocycles. The smallest absolute Gasteiger partial charge is 0.255 e. The fourth-order valence-corrected chi connectivity index (χ4v) is 2.94. The second-order valence-corrected chi connectivity index (χ2v) is 5.88. The molecule has 1 N–H and O–H groups in total. The molecule has 1 aromatic carbocycles. The van der Waals surface area contributed by atoms with E-state index in [-0.39, 0.29) is 18.6 Å². The number of carbonyl (C=O) groups is 1. The highest BCUT2D eigenvalue weighted by molar-refractivity contribution is 6.30. The standard InChI is InChI=1S/C17H17ClN2O2/c18-15-5-3-12(4-6-15)13-8-14(10-19-9-13)17(22)20-7-1-2-16(20)11-21/h3-6,8-10,16,21H,1-2,7,11H2/t16-/m1/s1. The largest absolute Gasteiger partial charge is 0.394 e. The lowest BCUT2D eigenvalue weighted by atomic mass is 10.1. The van der Waals surface area contributed by atoms with Crippen LogP contribution in [0.2, 0.25) is 5.02 Å². The molecule has 1 fully saturated rings. The van der Waals surface area contributed by atoms with Gasteiger partial charge in [0.2, 0.25) is 0 Å². The van der Waals surface area contributed by atoms with Gasteiger partial charge >= 0.3 is 0 Å². The zero-order valence-corrected chi connectivity index (χ0v) is 12.8. The minimum atomic E-state index is -0.0771. The molecule has 5 heteroatoms. The Kier molecular flexibility index (Phi) is 4.41. The van der Waals surface area contributed by atoms with E-state index in [0.717, 1.165) is 24.0 Å². The molecule has 0 aliphatic carbocycles.